The van der Waals surface area contributed by atoms with E-state index < -0.39 is 17.5 Å². The van der Waals surface area contributed by atoms with Gasteiger partial charge in [0.1, 0.15) is 11.7 Å². The molecule has 1 fully saturated rings. The molecule has 1 aliphatic rings. The molecule has 1 aliphatic carbocycles. The van der Waals surface area contributed by atoms with E-state index in [0.29, 0.717) is 30.8 Å². The van der Waals surface area contributed by atoms with Gasteiger partial charge in [0.25, 0.3) is 0 Å². The van der Waals surface area contributed by atoms with Gasteiger partial charge in [-0.15, -0.1) is 0 Å². The van der Waals surface area contributed by atoms with Gasteiger partial charge in [0.2, 0.25) is 0 Å². The number of fused-ring (bicyclic) bond motifs is 1. The van der Waals surface area contributed by atoms with E-state index in [1.165, 1.54) is 16.3 Å². The summed E-state index contributed by atoms with van der Waals surface area (Å²) in [5.41, 5.74) is 0.712. The zero-order valence-corrected chi connectivity index (χ0v) is 17.1. The molecule has 0 spiro atoms. The molecule has 0 bridgehead atoms. The Hall–Kier alpha value is -2.85. The molecule has 0 saturated heterocycles. The molecular weight excluding hydrogens is 376 g/mol. The number of rotatable bonds is 7. The summed E-state index contributed by atoms with van der Waals surface area (Å²) < 4.78 is 5.91. The highest BCUT2D eigenvalue weighted by molar-refractivity contribution is 5.85. The summed E-state index contributed by atoms with van der Waals surface area (Å²) in [6.07, 6.45) is 4.66. The highest BCUT2D eigenvalue weighted by Gasteiger charge is 2.43. The molecule has 30 heavy (non-hydrogen) atoms. The SMILES string of the molecule is O=C(O)C(c1ccc(OCCc2cccc3ccccc23)cc1)C1(O)CCCCC1. The van der Waals surface area contributed by atoms with Gasteiger partial charge in [0, 0.05) is 6.42 Å². The van der Waals surface area contributed by atoms with Crippen LogP contribution >= 0.6 is 0 Å². The van der Waals surface area contributed by atoms with Crippen molar-refractivity contribution in [3.8, 4) is 5.75 Å². The smallest absolute Gasteiger partial charge is 0.313 e. The summed E-state index contributed by atoms with van der Waals surface area (Å²) in [5, 5.41) is 23.2. The number of aliphatic hydroxyl groups is 1. The molecular formula is C26H28O4. The Morgan fingerprint density at radius 1 is 0.933 bits per heavy atom. The predicted octanol–water partition coefficient (Wildman–Crippen LogP) is 5.32. The van der Waals surface area contributed by atoms with Crippen molar-refractivity contribution in [1.29, 1.82) is 0 Å². The molecule has 1 atom stereocenters. The zero-order chi connectivity index (χ0) is 21.0. The number of aliphatic carboxylic acids is 1. The van der Waals surface area contributed by atoms with E-state index in [9.17, 15) is 15.0 Å². The summed E-state index contributed by atoms with van der Waals surface area (Å²) in [4.78, 5) is 11.9. The first-order valence-electron chi connectivity index (χ1n) is 10.7. The van der Waals surface area contributed by atoms with Crippen molar-refractivity contribution in [2.45, 2.75) is 50.0 Å². The van der Waals surface area contributed by atoms with E-state index in [1.807, 2.05) is 12.1 Å². The standard InChI is InChI=1S/C26H28O4/c27-25(28)24(26(29)16-4-1-5-17-26)21-11-13-22(14-12-21)30-18-15-20-9-6-8-19-7-2-3-10-23(19)20/h2-3,6-14,24,29H,1,4-5,15-18H2,(H,27,28). The molecule has 0 aliphatic heterocycles. The van der Waals surface area contributed by atoms with Gasteiger partial charge in [-0.25, -0.2) is 0 Å². The monoisotopic (exact) mass is 404 g/mol. The molecule has 1 unspecified atom stereocenters. The number of benzene rings is 3. The van der Waals surface area contributed by atoms with E-state index >= 15 is 0 Å². The van der Waals surface area contributed by atoms with Crippen molar-refractivity contribution >= 4 is 16.7 Å². The lowest BCUT2D eigenvalue weighted by Gasteiger charge is -2.37. The second kappa shape index (κ2) is 8.88. The third-order valence-corrected chi connectivity index (χ3v) is 6.24. The minimum atomic E-state index is -1.17. The molecule has 0 aromatic heterocycles. The van der Waals surface area contributed by atoms with Gasteiger partial charge in [0.15, 0.2) is 0 Å². The Balaban J connectivity index is 1.42. The molecule has 4 heteroatoms. The van der Waals surface area contributed by atoms with Crippen LogP contribution in [0.2, 0.25) is 0 Å². The number of ether oxygens (including phenoxy) is 1. The van der Waals surface area contributed by atoms with Crippen molar-refractivity contribution in [3.63, 3.8) is 0 Å². The highest BCUT2D eigenvalue weighted by Crippen LogP contribution is 2.40. The normalized spacial score (nSPS) is 16.8. The Bertz CT molecular complexity index is 998. The molecule has 0 radical (unpaired) electrons. The molecule has 4 nitrogen and oxygen atoms in total. The third-order valence-electron chi connectivity index (χ3n) is 6.24. The number of hydrogen-bond acceptors (Lipinski definition) is 3. The maximum Gasteiger partial charge on any atom is 0.313 e. The second-order valence-corrected chi connectivity index (χ2v) is 8.24. The van der Waals surface area contributed by atoms with Crippen LogP contribution in [0.4, 0.5) is 0 Å². The summed E-state index contributed by atoms with van der Waals surface area (Å²) >= 11 is 0. The van der Waals surface area contributed by atoms with E-state index in [4.69, 9.17) is 4.74 Å². The van der Waals surface area contributed by atoms with Gasteiger partial charge in [-0.05, 0) is 46.9 Å². The Morgan fingerprint density at radius 2 is 1.63 bits per heavy atom. The number of carboxylic acid groups (broad SMARTS) is 1. The molecule has 0 amide bonds. The fraction of sp³-hybridized carbons (Fsp3) is 0.346. The van der Waals surface area contributed by atoms with E-state index in [0.717, 1.165) is 25.7 Å². The maximum atomic E-state index is 11.9. The molecule has 2 N–H and O–H groups in total. The zero-order valence-electron chi connectivity index (χ0n) is 17.1. The van der Waals surface area contributed by atoms with Crippen molar-refractivity contribution in [3.05, 3.63) is 77.9 Å². The topological polar surface area (TPSA) is 66.8 Å². The van der Waals surface area contributed by atoms with E-state index in [2.05, 4.69) is 30.3 Å². The van der Waals surface area contributed by atoms with E-state index in [-0.39, 0.29) is 0 Å². The predicted molar refractivity (Wildman–Crippen MR) is 118 cm³/mol. The van der Waals surface area contributed by atoms with Crippen LogP contribution in [0.5, 0.6) is 5.75 Å². The average Bonchev–Trinajstić information content (AvgIpc) is 2.75. The lowest BCUT2D eigenvalue weighted by molar-refractivity contribution is -0.147. The van der Waals surface area contributed by atoms with Crippen LogP contribution < -0.4 is 4.74 Å². The van der Waals surface area contributed by atoms with Crippen molar-refractivity contribution in [1.82, 2.24) is 0 Å². The fourth-order valence-corrected chi connectivity index (χ4v) is 4.68. The quantitative estimate of drug-likeness (QED) is 0.559. The number of carbonyl (C=O) groups is 1. The summed E-state index contributed by atoms with van der Waals surface area (Å²) in [6, 6.07) is 21.8. The fourth-order valence-electron chi connectivity index (χ4n) is 4.68. The molecule has 3 aromatic carbocycles. The largest absolute Gasteiger partial charge is 0.493 e. The van der Waals surface area contributed by atoms with Crippen molar-refractivity contribution < 1.29 is 19.7 Å². The van der Waals surface area contributed by atoms with Crippen LogP contribution in [0.25, 0.3) is 10.8 Å². The van der Waals surface area contributed by atoms with Gasteiger partial charge in [0.05, 0.1) is 12.2 Å². The summed E-state index contributed by atoms with van der Waals surface area (Å²) in [5.74, 6) is -1.16. The second-order valence-electron chi connectivity index (χ2n) is 8.24. The van der Waals surface area contributed by atoms with Crippen molar-refractivity contribution in [2.24, 2.45) is 0 Å². The van der Waals surface area contributed by atoms with E-state index in [1.54, 1.807) is 24.3 Å². The van der Waals surface area contributed by atoms with Crippen molar-refractivity contribution in [2.75, 3.05) is 6.61 Å². The molecule has 3 aromatic rings. The van der Waals surface area contributed by atoms with Crippen LogP contribution in [0.3, 0.4) is 0 Å². The minimum absolute atomic E-state index is 0.535. The van der Waals surface area contributed by atoms with Crippen LogP contribution in [0.15, 0.2) is 66.7 Å². The molecule has 156 valence electrons. The first-order valence-corrected chi connectivity index (χ1v) is 10.7. The Morgan fingerprint density at radius 3 is 2.37 bits per heavy atom. The van der Waals surface area contributed by atoms with Gasteiger partial charge in [-0.3, -0.25) is 4.79 Å². The third kappa shape index (κ3) is 4.34. The Kier molecular flexibility index (Phi) is 6.05. The number of carboxylic acids is 1. The minimum Gasteiger partial charge on any atom is -0.493 e. The van der Waals surface area contributed by atoms with Gasteiger partial charge >= 0.3 is 5.97 Å². The van der Waals surface area contributed by atoms with Crippen LogP contribution in [-0.2, 0) is 11.2 Å². The van der Waals surface area contributed by atoms with Gasteiger partial charge in [-0.2, -0.15) is 0 Å². The van der Waals surface area contributed by atoms with Crippen LogP contribution in [0, 0.1) is 0 Å². The van der Waals surface area contributed by atoms with Crippen LogP contribution in [-0.4, -0.2) is 28.4 Å². The van der Waals surface area contributed by atoms with Gasteiger partial charge in [-0.1, -0.05) is 73.9 Å². The lowest BCUT2D eigenvalue weighted by atomic mass is 9.73. The first kappa shape index (κ1) is 20.4. The molecule has 1 saturated carbocycles. The maximum absolute atomic E-state index is 11.9. The lowest BCUT2D eigenvalue weighted by Crippen LogP contribution is -2.42. The van der Waals surface area contributed by atoms with Crippen LogP contribution in [0.1, 0.15) is 49.1 Å². The highest BCUT2D eigenvalue weighted by atomic mass is 16.5. The average molecular weight is 405 g/mol. The molecule has 4 rings (SSSR count). The first-order chi connectivity index (χ1) is 14.6. The number of hydrogen-bond donors (Lipinski definition) is 2. The summed E-state index contributed by atoms with van der Waals surface area (Å²) in [7, 11) is 0. The summed E-state index contributed by atoms with van der Waals surface area (Å²) in [6.45, 7) is 0.541. The molecule has 0 heterocycles. The van der Waals surface area contributed by atoms with Gasteiger partial charge < -0.3 is 14.9 Å². The Labute approximate surface area is 177 Å².